The molecule has 4 heteroatoms. The van der Waals surface area contributed by atoms with Crippen LogP contribution in [0.25, 0.3) is 11.0 Å². The maximum Gasteiger partial charge on any atom is 0.242 e. The summed E-state index contributed by atoms with van der Waals surface area (Å²) in [6.45, 7) is 2.05. The summed E-state index contributed by atoms with van der Waals surface area (Å²) in [5.41, 5.74) is 4.30. The number of piperidine rings is 1. The largest absolute Gasteiger partial charge is 0.341 e. The normalized spacial score (nSPS) is 14.3. The number of imidazole rings is 1. The quantitative estimate of drug-likeness (QED) is 0.453. The van der Waals surface area contributed by atoms with Gasteiger partial charge in [-0.25, -0.2) is 4.98 Å². The molecule has 1 saturated heterocycles. The fourth-order valence-electron chi connectivity index (χ4n) is 4.64. The fourth-order valence-corrected chi connectivity index (χ4v) is 4.64. The van der Waals surface area contributed by atoms with Crippen LogP contribution in [0.3, 0.4) is 0 Å². The summed E-state index contributed by atoms with van der Waals surface area (Å²) in [6.07, 6.45) is 3.41. The van der Waals surface area contributed by atoms with Gasteiger partial charge in [0.15, 0.2) is 0 Å². The number of hydrogen-bond acceptors (Lipinski definition) is 2. The van der Waals surface area contributed by atoms with E-state index >= 15 is 0 Å². The standard InChI is InChI=1S/C27H27N3O/c31-25(29-18-10-3-11-19-29)20-30-24-17-9-8-16-23(24)28-27(30)26(21-12-4-1-5-13-21)22-14-6-2-7-15-22/h1-2,4-9,12-17,26H,3,10-11,18-20H2. The Bertz CT molecular complexity index is 1120. The smallest absolute Gasteiger partial charge is 0.242 e. The van der Waals surface area contributed by atoms with Gasteiger partial charge in [0.25, 0.3) is 0 Å². The third kappa shape index (κ3) is 3.98. The van der Waals surface area contributed by atoms with E-state index in [4.69, 9.17) is 4.98 Å². The summed E-state index contributed by atoms with van der Waals surface area (Å²) in [5, 5.41) is 0. The lowest BCUT2D eigenvalue weighted by Gasteiger charge is -2.28. The Morgan fingerprint density at radius 2 is 1.35 bits per heavy atom. The van der Waals surface area contributed by atoms with Crippen molar-refractivity contribution in [1.29, 1.82) is 0 Å². The molecule has 0 bridgehead atoms. The number of amides is 1. The maximum absolute atomic E-state index is 13.2. The minimum atomic E-state index is -0.0380. The van der Waals surface area contributed by atoms with E-state index in [1.54, 1.807) is 0 Å². The number of carbonyl (C=O) groups is 1. The summed E-state index contributed by atoms with van der Waals surface area (Å²) >= 11 is 0. The zero-order valence-electron chi connectivity index (χ0n) is 17.7. The highest BCUT2D eigenvalue weighted by Gasteiger charge is 2.26. The number of nitrogens with zero attached hydrogens (tertiary/aromatic N) is 3. The Morgan fingerprint density at radius 3 is 2.00 bits per heavy atom. The van der Waals surface area contributed by atoms with E-state index in [0.717, 1.165) is 42.8 Å². The zero-order chi connectivity index (χ0) is 21.0. The van der Waals surface area contributed by atoms with Crippen LogP contribution in [0, 0.1) is 0 Å². The molecule has 3 aromatic carbocycles. The monoisotopic (exact) mass is 409 g/mol. The Hall–Kier alpha value is -3.40. The molecule has 1 aliphatic rings. The van der Waals surface area contributed by atoms with Crippen LogP contribution < -0.4 is 0 Å². The van der Waals surface area contributed by atoms with Gasteiger partial charge >= 0.3 is 0 Å². The molecule has 5 rings (SSSR count). The molecule has 1 aliphatic heterocycles. The van der Waals surface area contributed by atoms with Crippen molar-refractivity contribution in [2.75, 3.05) is 13.1 Å². The molecule has 0 unspecified atom stereocenters. The second-order valence-corrected chi connectivity index (χ2v) is 8.24. The number of aromatic nitrogens is 2. The molecule has 31 heavy (non-hydrogen) atoms. The molecule has 0 saturated carbocycles. The van der Waals surface area contributed by atoms with Gasteiger partial charge < -0.3 is 9.47 Å². The Labute approximate surface area is 183 Å². The molecule has 4 aromatic rings. The highest BCUT2D eigenvalue weighted by atomic mass is 16.2. The first-order valence-corrected chi connectivity index (χ1v) is 11.1. The van der Waals surface area contributed by atoms with E-state index in [2.05, 4.69) is 59.2 Å². The predicted octanol–water partition coefficient (Wildman–Crippen LogP) is 5.23. The van der Waals surface area contributed by atoms with Crippen molar-refractivity contribution in [2.45, 2.75) is 31.7 Å². The van der Waals surface area contributed by atoms with E-state index in [9.17, 15) is 4.79 Å². The summed E-state index contributed by atoms with van der Waals surface area (Å²) < 4.78 is 2.14. The van der Waals surface area contributed by atoms with Gasteiger partial charge in [-0.2, -0.15) is 0 Å². The van der Waals surface area contributed by atoms with Crippen LogP contribution in [0.2, 0.25) is 0 Å². The minimum absolute atomic E-state index is 0.0380. The molecule has 1 fully saturated rings. The number of rotatable bonds is 5. The lowest BCUT2D eigenvalue weighted by molar-refractivity contribution is -0.132. The summed E-state index contributed by atoms with van der Waals surface area (Å²) in [7, 11) is 0. The molecule has 1 amide bonds. The van der Waals surface area contributed by atoms with Crippen molar-refractivity contribution >= 4 is 16.9 Å². The number of para-hydroxylation sites is 2. The van der Waals surface area contributed by atoms with Crippen molar-refractivity contribution in [3.05, 3.63) is 102 Å². The van der Waals surface area contributed by atoms with Crippen LogP contribution in [-0.2, 0) is 11.3 Å². The van der Waals surface area contributed by atoms with Gasteiger partial charge in [-0.1, -0.05) is 72.8 Å². The van der Waals surface area contributed by atoms with Gasteiger partial charge in [-0.05, 0) is 42.5 Å². The Morgan fingerprint density at radius 1 is 0.774 bits per heavy atom. The average Bonchev–Trinajstić information content (AvgIpc) is 3.19. The van der Waals surface area contributed by atoms with E-state index in [0.29, 0.717) is 6.54 Å². The van der Waals surface area contributed by atoms with Crippen molar-refractivity contribution in [1.82, 2.24) is 14.5 Å². The number of likely N-dealkylation sites (tertiary alicyclic amines) is 1. The van der Waals surface area contributed by atoms with E-state index < -0.39 is 0 Å². The van der Waals surface area contributed by atoms with E-state index in [1.165, 1.54) is 17.5 Å². The van der Waals surface area contributed by atoms with Crippen molar-refractivity contribution in [3.63, 3.8) is 0 Å². The first-order chi connectivity index (χ1) is 15.3. The van der Waals surface area contributed by atoms with Crippen LogP contribution in [0.5, 0.6) is 0 Å². The predicted molar refractivity (Wildman–Crippen MR) is 124 cm³/mol. The second-order valence-electron chi connectivity index (χ2n) is 8.24. The molecule has 4 nitrogen and oxygen atoms in total. The molecule has 156 valence electrons. The zero-order valence-corrected chi connectivity index (χ0v) is 17.7. The van der Waals surface area contributed by atoms with Crippen LogP contribution in [0.1, 0.15) is 42.1 Å². The first-order valence-electron chi connectivity index (χ1n) is 11.1. The first kappa shape index (κ1) is 19.6. The molecular weight excluding hydrogens is 382 g/mol. The van der Waals surface area contributed by atoms with Crippen molar-refractivity contribution in [3.8, 4) is 0 Å². The fraction of sp³-hybridized carbons (Fsp3) is 0.259. The summed E-state index contributed by atoms with van der Waals surface area (Å²) in [4.78, 5) is 20.3. The molecule has 0 atom stereocenters. The lowest BCUT2D eigenvalue weighted by atomic mass is 9.90. The number of hydrogen-bond donors (Lipinski definition) is 0. The summed E-state index contributed by atoms with van der Waals surface area (Å²) in [5.74, 6) is 1.07. The van der Waals surface area contributed by atoms with Crippen LogP contribution in [0.15, 0.2) is 84.9 Å². The third-order valence-corrected chi connectivity index (χ3v) is 6.21. The molecule has 1 aromatic heterocycles. The molecular formula is C27H27N3O. The minimum Gasteiger partial charge on any atom is -0.341 e. The van der Waals surface area contributed by atoms with Gasteiger partial charge in [-0.15, -0.1) is 0 Å². The van der Waals surface area contributed by atoms with Gasteiger partial charge in [0.1, 0.15) is 12.4 Å². The van der Waals surface area contributed by atoms with Crippen LogP contribution in [0.4, 0.5) is 0 Å². The molecule has 0 N–H and O–H groups in total. The summed E-state index contributed by atoms with van der Waals surface area (Å²) in [6, 6.07) is 29.1. The molecule has 0 radical (unpaired) electrons. The molecule has 0 spiro atoms. The second kappa shape index (κ2) is 8.76. The SMILES string of the molecule is O=C(Cn1c(C(c2ccccc2)c2ccccc2)nc2ccccc21)N1CCCCC1. The van der Waals surface area contributed by atoms with E-state index in [1.807, 2.05) is 35.2 Å². The average molecular weight is 410 g/mol. The Kier molecular flexibility index (Phi) is 5.53. The van der Waals surface area contributed by atoms with Crippen molar-refractivity contribution in [2.24, 2.45) is 0 Å². The molecule has 0 aliphatic carbocycles. The highest BCUT2D eigenvalue weighted by Crippen LogP contribution is 2.33. The third-order valence-electron chi connectivity index (χ3n) is 6.21. The Balaban J connectivity index is 1.63. The van der Waals surface area contributed by atoms with Gasteiger partial charge in [0.05, 0.1) is 17.0 Å². The maximum atomic E-state index is 13.2. The number of benzene rings is 3. The number of fused-ring (bicyclic) bond motifs is 1. The lowest BCUT2D eigenvalue weighted by Crippen LogP contribution is -2.38. The van der Waals surface area contributed by atoms with Crippen LogP contribution >= 0.6 is 0 Å². The van der Waals surface area contributed by atoms with E-state index in [-0.39, 0.29) is 11.8 Å². The van der Waals surface area contributed by atoms with Crippen molar-refractivity contribution < 1.29 is 4.79 Å². The number of carbonyl (C=O) groups excluding carboxylic acids is 1. The van der Waals surface area contributed by atoms with Gasteiger partial charge in [-0.3, -0.25) is 4.79 Å². The molecule has 2 heterocycles. The highest BCUT2D eigenvalue weighted by molar-refractivity contribution is 5.81. The van der Waals surface area contributed by atoms with Gasteiger partial charge in [0, 0.05) is 13.1 Å². The van der Waals surface area contributed by atoms with Crippen LogP contribution in [-0.4, -0.2) is 33.4 Å². The van der Waals surface area contributed by atoms with Gasteiger partial charge in [0.2, 0.25) is 5.91 Å². The topological polar surface area (TPSA) is 38.1 Å².